The van der Waals surface area contributed by atoms with Crippen LogP contribution < -0.4 is 0 Å². The van der Waals surface area contributed by atoms with E-state index in [0.717, 1.165) is 38.5 Å². The summed E-state index contributed by atoms with van der Waals surface area (Å²) in [4.78, 5) is 19.3. The second-order valence-electron chi connectivity index (χ2n) is 14.6. The second kappa shape index (κ2) is 7.23. The minimum atomic E-state index is -0.550. The predicted molar refractivity (Wildman–Crippen MR) is 142 cm³/mol. The molecule has 0 amide bonds. The van der Waals surface area contributed by atoms with Crippen LogP contribution in [0.2, 0.25) is 0 Å². The van der Waals surface area contributed by atoms with Gasteiger partial charge in [-0.3, -0.25) is 4.79 Å². The Morgan fingerprint density at radius 1 is 1.03 bits per heavy atom. The first-order valence-corrected chi connectivity index (χ1v) is 15.1. The van der Waals surface area contributed by atoms with Gasteiger partial charge in [0, 0.05) is 10.3 Å². The number of rotatable bonds is 1. The number of carbonyl (C=O) groups is 1. The molecule has 3 saturated carbocycles. The molecule has 1 heterocycles. The van der Waals surface area contributed by atoms with E-state index in [-0.39, 0.29) is 27.6 Å². The molecule has 5 aliphatic carbocycles. The molecular formula is C31H45NO2S. The monoisotopic (exact) mass is 495 g/mol. The molecular weight excluding hydrogens is 450 g/mol. The van der Waals surface area contributed by atoms with Crippen molar-refractivity contribution in [3.05, 3.63) is 27.7 Å². The Hall–Kier alpha value is -1.16. The topological polar surface area (TPSA) is 50.2 Å². The molecule has 9 atom stereocenters. The van der Waals surface area contributed by atoms with E-state index in [1.807, 2.05) is 11.3 Å². The molecule has 1 aromatic heterocycles. The molecule has 9 unspecified atom stereocenters. The summed E-state index contributed by atoms with van der Waals surface area (Å²) in [5.41, 5.74) is 5.11. The van der Waals surface area contributed by atoms with Crippen molar-refractivity contribution in [3.8, 4) is 0 Å². The highest BCUT2D eigenvalue weighted by Crippen LogP contribution is 2.75. The van der Waals surface area contributed by atoms with E-state index in [0.29, 0.717) is 23.7 Å². The first kappa shape index (κ1) is 24.2. The Kier molecular flexibility index (Phi) is 5.00. The standard InChI is InChI=1S/C31H45NO2S/c1-18-10-13-31(26(33)34)15-14-29(6)20(24(31)19(18)2)8-9-23-28(5)16-21-25(32-17-35-21)27(3,4)22(28)11-12-30(23,29)7/h8,17-19,22-24H,9-16H2,1-7H3,(H,33,34). The smallest absolute Gasteiger partial charge is 0.310 e. The molecule has 3 nitrogen and oxygen atoms in total. The van der Waals surface area contributed by atoms with Gasteiger partial charge in [-0.15, -0.1) is 11.3 Å². The van der Waals surface area contributed by atoms with E-state index in [9.17, 15) is 9.90 Å². The Balaban J connectivity index is 1.48. The first-order valence-electron chi connectivity index (χ1n) is 14.2. The summed E-state index contributed by atoms with van der Waals surface area (Å²) in [6.45, 7) is 17.4. The third kappa shape index (κ3) is 2.74. The summed E-state index contributed by atoms with van der Waals surface area (Å²) in [5.74, 6) is 1.98. The molecule has 3 fully saturated rings. The fourth-order valence-electron chi connectivity index (χ4n) is 11.1. The minimum Gasteiger partial charge on any atom is -0.481 e. The molecule has 1 N–H and O–H groups in total. The molecule has 0 radical (unpaired) electrons. The fraction of sp³-hybridized carbons (Fsp3) is 0.806. The van der Waals surface area contributed by atoms with Crippen LogP contribution in [-0.2, 0) is 16.6 Å². The Bertz CT molecular complexity index is 1100. The average molecular weight is 496 g/mol. The van der Waals surface area contributed by atoms with Gasteiger partial charge in [0.2, 0.25) is 0 Å². The van der Waals surface area contributed by atoms with E-state index >= 15 is 0 Å². The zero-order valence-electron chi connectivity index (χ0n) is 22.9. The Labute approximate surface area is 216 Å². The van der Waals surface area contributed by atoms with Crippen LogP contribution >= 0.6 is 11.3 Å². The summed E-state index contributed by atoms with van der Waals surface area (Å²) in [7, 11) is 0. The van der Waals surface area contributed by atoms with E-state index in [2.05, 4.69) is 60.1 Å². The summed E-state index contributed by atoms with van der Waals surface area (Å²) < 4.78 is 0. The summed E-state index contributed by atoms with van der Waals surface area (Å²) in [6, 6.07) is 0. The van der Waals surface area contributed by atoms with Crippen LogP contribution in [0.25, 0.3) is 0 Å². The van der Waals surface area contributed by atoms with Crippen molar-refractivity contribution < 1.29 is 9.90 Å². The molecule has 0 bridgehead atoms. The van der Waals surface area contributed by atoms with E-state index in [1.54, 1.807) is 5.57 Å². The number of carboxylic acid groups (broad SMARTS) is 1. The van der Waals surface area contributed by atoms with Crippen molar-refractivity contribution >= 4 is 17.3 Å². The lowest BCUT2D eigenvalue weighted by atomic mass is 9.33. The molecule has 0 saturated heterocycles. The molecule has 0 aromatic carbocycles. The van der Waals surface area contributed by atoms with Crippen molar-refractivity contribution in [3.63, 3.8) is 0 Å². The highest BCUT2D eigenvalue weighted by atomic mass is 32.1. The average Bonchev–Trinajstić information content (AvgIpc) is 3.25. The largest absolute Gasteiger partial charge is 0.481 e. The van der Waals surface area contributed by atoms with Gasteiger partial charge in [0.15, 0.2) is 0 Å². The zero-order valence-corrected chi connectivity index (χ0v) is 23.7. The Morgan fingerprint density at radius 2 is 1.77 bits per heavy atom. The van der Waals surface area contributed by atoms with Crippen molar-refractivity contribution in [1.29, 1.82) is 0 Å². The van der Waals surface area contributed by atoms with Gasteiger partial charge in [0.1, 0.15) is 0 Å². The van der Waals surface area contributed by atoms with Gasteiger partial charge in [0.05, 0.1) is 16.6 Å². The number of fused-ring (bicyclic) bond motifs is 8. The van der Waals surface area contributed by atoms with Crippen LogP contribution in [0.3, 0.4) is 0 Å². The maximum absolute atomic E-state index is 12.9. The van der Waals surface area contributed by atoms with Crippen LogP contribution in [0, 0.1) is 51.2 Å². The van der Waals surface area contributed by atoms with Gasteiger partial charge in [-0.05, 0) is 97.2 Å². The molecule has 35 heavy (non-hydrogen) atoms. The van der Waals surface area contributed by atoms with Gasteiger partial charge in [-0.2, -0.15) is 0 Å². The normalized spacial score (nSPS) is 50.0. The van der Waals surface area contributed by atoms with Crippen LogP contribution in [0.4, 0.5) is 0 Å². The number of carboxylic acids is 1. The van der Waals surface area contributed by atoms with E-state index < -0.39 is 11.4 Å². The lowest BCUT2D eigenvalue weighted by Crippen LogP contribution is -2.65. The van der Waals surface area contributed by atoms with Gasteiger partial charge >= 0.3 is 5.97 Å². The molecule has 5 aliphatic rings. The lowest BCUT2D eigenvalue weighted by molar-refractivity contribution is -0.179. The summed E-state index contributed by atoms with van der Waals surface area (Å²) in [5, 5.41) is 10.6. The maximum atomic E-state index is 12.9. The highest BCUT2D eigenvalue weighted by Gasteiger charge is 2.69. The molecule has 4 heteroatoms. The van der Waals surface area contributed by atoms with Gasteiger partial charge in [-0.1, -0.05) is 60.1 Å². The number of hydrogen-bond donors (Lipinski definition) is 1. The van der Waals surface area contributed by atoms with Crippen molar-refractivity contribution in [2.75, 3.05) is 0 Å². The van der Waals surface area contributed by atoms with Crippen LogP contribution in [-0.4, -0.2) is 16.1 Å². The third-order valence-corrected chi connectivity index (χ3v) is 14.2. The fourth-order valence-corrected chi connectivity index (χ4v) is 12.2. The lowest BCUT2D eigenvalue weighted by Gasteiger charge is -2.70. The van der Waals surface area contributed by atoms with Crippen LogP contribution in [0.1, 0.15) is 104 Å². The molecule has 0 spiro atoms. The Morgan fingerprint density at radius 3 is 2.49 bits per heavy atom. The number of allylic oxidation sites excluding steroid dienone is 2. The second-order valence-corrected chi connectivity index (χ2v) is 15.6. The predicted octanol–water partition coefficient (Wildman–Crippen LogP) is 7.90. The van der Waals surface area contributed by atoms with Gasteiger partial charge < -0.3 is 5.11 Å². The van der Waals surface area contributed by atoms with Crippen molar-refractivity contribution in [2.24, 2.45) is 51.2 Å². The number of nitrogens with zero attached hydrogens (tertiary/aromatic N) is 1. The first-order chi connectivity index (χ1) is 16.3. The highest BCUT2D eigenvalue weighted by molar-refractivity contribution is 7.09. The third-order valence-electron chi connectivity index (χ3n) is 13.3. The SMILES string of the molecule is CC1CCC2(C(=O)O)CCC3(C)C(=CCC4C5(C)Cc6scnc6C(C)(C)C5CCC43C)C2C1C. The number of thiazole rings is 1. The van der Waals surface area contributed by atoms with Crippen LogP contribution in [0.15, 0.2) is 17.2 Å². The summed E-state index contributed by atoms with van der Waals surface area (Å²) >= 11 is 1.87. The van der Waals surface area contributed by atoms with E-state index in [1.165, 1.54) is 23.4 Å². The van der Waals surface area contributed by atoms with Crippen molar-refractivity contribution in [2.45, 2.75) is 105 Å². The minimum absolute atomic E-state index is 0.0942. The number of aliphatic carboxylic acids is 1. The van der Waals surface area contributed by atoms with Crippen molar-refractivity contribution in [1.82, 2.24) is 4.98 Å². The van der Waals surface area contributed by atoms with Crippen LogP contribution in [0.5, 0.6) is 0 Å². The summed E-state index contributed by atoms with van der Waals surface area (Å²) in [6.07, 6.45) is 11.2. The number of aromatic nitrogens is 1. The molecule has 1 aromatic rings. The van der Waals surface area contributed by atoms with Gasteiger partial charge in [0.25, 0.3) is 0 Å². The van der Waals surface area contributed by atoms with Gasteiger partial charge in [-0.25, -0.2) is 4.98 Å². The quantitative estimate of drug-likeness (QED) is 0.403. The zero-order chi connectivity index (χ0) is 25.2. The van der Waals surface area contributed by atoms with E-state index in [4.69, 9.17) is 4.98 Å². The molecule has 0 aliphatic heterocycles. The number of hydrogen-bond acceptors (Lipinski definition) is 3. The molecule has 192 valence electrons. The molecule has 6 rings (SSSR count). The maximum Gasteiger partial charge on any atom is 0.310 e.